The standard InChI is InChI=1S/C17H19NO3S/c1-12(2)14-6-8-15(9-7-14)17-18(21-17)22(19,20)16-10-4-13(3)5-11-16/h4-12,17H,1-3H3/t17-,18?/m0/s1. The minimum atomic E-state index is -3.60. The van der Waals surface area contributed by atoms with Crippen LogP contribution in [0.5, 0.6) is 0 Å². The number of aryl methyl sites for hydroxylation is 1. The minimum absolute atomic E-state index is 0.249. The fourth-order valence-electron chi connectivity index (χ4n) is 2.30. The summed E-state index contributed by atoms with van der Waals surface area (Å²) >= 11 is 0. The molecule has 0 aliphatic carbocycles. The van der Waals surface area contributed by atoms with Crippen molar-refractivity contribution < 1.29 is 13.3 Å². The van der Waals surface area contributed by atoms with Crippen LogP contribution >= 0.6 is 0 Å². The van der Waals surface area contributed by atoms with E-state index in [1.165, 1.54) is 5.56 Å². The first kappa shape index (κ1) is 15.2. The third-order valence-corrected chi connectivity index (χ3v) is 5.41. The first-order valence-corrected chi connectivity index (χ1v) is 8.71. The molecule has 22 heavy (non-hydrogen) atoms. The van der Waals surface area contributed by atoms with Gasteiger partial charge in [0.1, 0.15) is 0 Å². The van der Waals surface area contributed by atoms with Gasteiger partial charge in [0, 0.05) is 5.56 Å². The zero-order valence-corrected chi connectivity index (χ0v) is 13.7. The number of benzene rings is 2. The maximum absolute atomic E-state index is 12.5. The number of hydrogen-bond acceptors (Lipinski definition) is 3. The normalized spacial score (nSPS) is 21.1. The Morgan fingerprint density at radius 2 is 1.59 bits per heavy atom. The van der Waals surface area contributed by atoms with Crippen LogP contribution < -0.4 is 0 Å². The maximum Gasteiger partial charge on any atom is 0.267 e. The van der Waals surface area contributed by atoms with E-state index in [2.05, 4.69) is 13.8 Å². The predicted octanol–water partition coefficient (Wildman–Crippen LogP) is 3.75. The van der Waals surface area contributed by atoms with Gasteiger partial charge in [-0.25, -0.2) is 8.42 Å². The number of hydroxylamine groups is 1. The molecule has 1 fully saturated rings. The highest BCUT2D eigenvalue weighted by molar-refractivity contribution is 7.89. The van der Waals surface area contributed by atoms with E-state index < -0.39 is 16.3 Å². The van der Waals surface area contributed by atoms with Gasteiger partial charge in [-0.05, 0) is 35.0 Å². The van der Waals surface area contributed by atoms with E-state index in [9.17, 15) is 8.42 Å². The molecular formula is C17H19NO3S. The average molecular weight is 317 g/mol. The van der Waals surface area contributed by atoms with Crippen molar-refractivity contribution in [3.05, 3.63) is 65.2 Å². The van der Waals surface area contributed by atoms with Crippen molar-refractivity contribution >= 4 is 10.0 Å². The molecule has 0 radical (unpaired) electrons. The summed E-state index contributed by atoms with van der Waals surface area (Å²) in [5.74, 6) is 0.446. The van der Waals surface area contributed by atoms with Crippen LogP contribution in [0.2, 0.25) is 0 Å². The second kappa shape index (κ2) is 5.50. The number of sulfonamides is 1. The molecule has 1 heterocycles. The van der Waals surface area contributed by atoms with Crippen LogP contribution in [0, 0.1) is 6.92 Å². The van der Waals surface area contributed by atoms with Crippen molar-refractivity contribution in [2.45, 2.75) is 37.8 Å². The molecule has 1 aliphatic heterocycles. The van der Waals surface area contributed by atoms with Crippen LogP contribution in [0.4, 0.5) is 0 Å². The third kappa shape index (κ3) is 2.79. The average Bonchev–Trinajstić information content (AvgIpc) is 3.29. The molecule has 3 rings (SSSR count). The van der Waals surface area contributed by atoms with Gasteiger partial charge in [-0.15, -0.1) is 0 Å². The van der Waals surface area contributed by atoms with Crippen LogP contribution in [-0.2, 0) is 14.9 Å². The zero-order chi connectivity index (χ0) is 15.9. The molecule has 1 aliphatic rings. The lowest BCUT2D eigenvalue weighted by Crippen LogP contribution is -2.12. The van der Waals surface area contributed by atoms with Gasteiger partial charge < -0.3 is 0 Å². The van der Waals surface area contributed by atoms with Crippen molar-refractivity contribution in [2.24, 2.45) is 0 Å². The van der Waals surface area contributed by atoms with Gasteiger partial charge >= 0.3 is 0 Å². The van der Waals surface area contributed by atoms with E-state index in [1.807, 2.05) is 31.2 Å². The molecule has 4 nitrogen and oxygen atoms in total. The molecule has 0 aromatic heterocycles. The molecule has 2 aromatic carbocycles. The summed E-state index contributed by atoms with van der Waals surface area (Å²) in [4.78, 5) is 5.55. The lowest BCUT2D eigenvalue weighted by Gasteiger charge is -2.06. The van der Waals surface area contributed by atoms with Gasteiger partial charge in [-0.3, -0.25) is 4.84 Å². The Kier molecular flexibility index (Phi) is 3.80. The molecule has 5 heteroatoms. The summed E-state index contributed by atoms with van der Waals surface area (Å²) in [7, 11) is -3.60. The topological polar surface area (TPSA) is 49.7 Å². The fourth-order valence-corrected chi connectivity index (χ4v) is 3.55. The Morgan fingerprint density at radius 1 is 1.00 bits per heavy atom. The maximum atomic E-state index is 12.5. The highest BCUT2D eigenvalue weighted by Crippen LogP contribution is 2.42. The van der Waals surface area contributed by atoms with Crippen molar-refractivity contribution in [2.75, 3.05) is 0 Å². The molecule has 0 spiro atoms. The Morgan fingerprint density at radius 3 is 2.14 bits per heavy atom. The van der Waals surface area contributed by atoms with Crippen LogP contribution in [0.3, 0.4) is 0 Å². The van der Waals surface area contributed by atoms with E-state index in [1.54, 1.807) is 24.3 Å². The highest BCUT2D eigenvalue weighted by Gasteiger charge is 2.48. The lowest BCUT2D eigenvalue weighted by atomic mass is 10.0. The monoisotopic (exact) mass is 317 g/mol. The molecular weight excluding hydrogens is 298 g/mol. The smallest absolute Gasteiger partial charge is 0.253 e. The van der Waals surface area contributed by atoms with E-state index >= 15 is 0 Å². The quantitative estimate of drug-likeness (QED) is 0.807. The molecule has 2 aromatic rings. The summed E-state index contributed by atoms with van der Waals surface area (Å²) in [6.07, 6.45) is -0.521. The van der Waals surface area contributed by atoms with Gasteiger partial charge in [0.15, 0.2) is 6.23 Å². The summed E-state index contributed by atoms with van der Waals surface area (Å²) in [5, 5.41) is 0. The number of hydrogen-bond donors (Lipinski definition) is 0. The largest absolute Gasteiger partial charge is 0.267 e. The van der Waals surface area contributed by atoms with Gasteiger partial charge in [-0.1, -0.05) is 55.8 Å². The van der Waals surface area contributed by atoms with Crippen molar-refractivity contribution in [1.82, 2.24) is 4.47 Å². The summed E-state index contributed by atoms with van der Waals surface area (Å²) in [6.45, 7) is 6.16. The first-order chi connectivity index (χ1) is 10.4. The number of nitrogens with zero attached hydrogens (tertiary/aromatic N) is 1. The van der Waals surface area contributed by atoms with Gasteiger partial charge in [0.2, 0.25) is 0 Å². The van der Waals surface area contributed by atoms with Crippen molar-refractivity contribution in [1.29, 1.82) is 0 Å². The van der Waals surface area contributed by atoms with Crippen LogP contribution in [0.25, 0.3) is 0 Å². The Labute approximate surface area is 131 Å². The molecule has 0 amide bonds. The Bertz CT molecular complexity index is 765. The molecule has 1 saturated heterocycles. The van der Waals surface area contributed by atoms with Crippen molar-refractivity contribution in [3.8, 4) is 0 Å². The second-order valence-electron chi connectivity index (χ2n) is 5.85. The number of rotatable bonds is 4. The summed E-state index contributed by atoms with van der Waals surface area (Å²) < 4.78 is 26.0. The van der Waals surface area contributed by atoms with E-state index in [0.29, 0.717) is 5.92 Å². The van der Waals surface area contributed by atoms with E-state index in [0.717, 1.165) is 15.6 Å². The minimum Gasteiger partial charge on any atom is -0.253 e. The van der Waals surface area contributed by atoms with Gasteiger partial charge in [-0.2, -0.15) is 0 Å². The first-order valence-electron chi connectivity index (χ1n) is 7.27. The summed E-state index contributed by atoms with van der Waals surface area (Å²) in [6, 6.07) is 14.6. The molecule has 1 unspecified atom stereocenters. The molecule has 0 bridgehead atoms. The Hall–Kier alpha value is -1.69. The van der Waals surface area contributed by atoms with Crippen LogP contribution in [-0.4, -0.2) is 12.9 Å². The van der Waals surface area contributed by atoms with Crippen LogP contribution in [0.1, 0.15) is 42.7 Å². The molecule has 0 N–H and O–H groups in total. The van der Waals surface area contributed by atoms with E-state index in [4.69, 9.17) is 4.84 Å². The fraction of sp³-hybridized carbons (Fsp3) is 0.294. The third-order valence-electron chi connectivity index (χ3n) is 3.79. The van der Waals surface area contributed by atoms with Gasteiger partial charge in [0.25, 0.3) is 10.0 Å². The molecule has 0 saturated carbocycles. The van der Waals surface area contributed by atoms with E-state index in [-0.39, 0.29) is 4.90 Å². The predicted molar refractivity (Wildman–Crippen MR) is 84.6 cm³/mol. The highest BCUT2D eigenvalue weighted by atomic mass is 32.2. The Balaban J connectivity index is 1.80. The SMILES string of the molecule is Cc1ccc(S(=O)(=O)N2O[C@H]2c2ccc(C(C)C)cc2)cc1. The lowest BCUT2D eigenvalue weighted by molar-refractivity contribution is 0.283. The van der Waals surface area contributed by atoms with Gasteiger partial charge in [0.05, 0.1) is 4.90 Å². The van der Waals surface area contributed by atoms with Crippen molar-refractivity contribution in [3.63, 3.8) is 0 Å². The van der Waals surface area contributed by atoms with Crippen LogP contribution in [0.15, 0.2) is 53.4 Å². The molecule has 2 atom stereocenters. The zero-order valence-electron chi connectivity index (χ0n) is 12.9. The second-order valence-corrected chi connectivity index (χ2v) is 7.63. The molecule has 116 valence electrons. The summed E-state index contributed by atoms with van der Waals surface area (Å²) in [5.41, 5.74) is 3.09.